The lowest BCUT2D eigenvalue weighted by Gasteiger charge is -2.15. The lowest BCUT2D eigenvalue weighted by Crippen LogP contribution is -2.31. The van der Waals surface area contributed by atoms with E-state index in [1.807, 2.05) is 20.8 Å². The fourth-order valence-electron chi connectivity index (χ4n) is 2.61. The van der Waals surface area contributed by atoms with Crippen LogP contribution in [0.5, 0.6) is 0 Å². The van der Waals surface area contributed by atoms with Crippen LogP contribution in [0.2, 0.25) is 0 Å². The molecule has 2 aromatic rings. The number of carboxylic acid groups (broad SMARTS) is 1. The molecule has 2 rings (SSSR count). The van der Waals surface area contributed by atoms with Gasteiger partial charge in [0.05, 0.1) is 11.3 Å². The molecule has 1 aromatic heterocycles. The van der Waals surface area contributed by atoms with E-state index in [9.17, 15) is 19.5 Å². The summed E-state index contributed by atoms with van der Waals surface area (Å²) in [6.45, 7) is 6.29. The summed E-state index contributed by atoms with van der Waals surface area (Å²) in [5, 5.41) is 11.8. The molecule has 132 valence electrons. The van der Waals surface area contributed by atoms with Gasteiger partial charge < -0.3 is 15.0 Å². The van der Waals surface area contributed by atoms with Gasteiger partial charge in [-0.1, -0.05) is 25.5 Å². The van der Waals surface area contributed by atoms with Crippen molar-refractivity contribution in [2.24, 2.45) is 0 Å². The van der Waals surface area contributed by atoms with Crippen molar-refractivity contribution in [1.82, 2.24) is 4.57 Å². The quantitative estimate of drug-likeness (QED) is 0.843. The van der Waals surface area contributed by atoms with Crippen LogP contribution < -0.4 is 10.9 Å². The van der Waals surface area contributed by atoms with Gasteiger partial charge in [-0.2, -0.15) is 0 Å². The molecule has 0 aliphatic rings. The molecular formula is C19H22N2O4. The summed E-state index contributed by atoms with van der Waals surface area (Å²) < 4.78 is 1.61. The molecule has 0 saturated carbocycles. The average Bonchev–Trinajstić information content (AvgIpc) is 2.58. The monoisotopic (exact) mass is 342 g/mol. The van der Waals surface area contributed by atoms with E-state index < -0.39 is 11.9 Å². The molecule has 25 heavy (non-hydrogen) atoms. The van der Waals surface area contributed by atoms with Crippen molar-refractivity contribution in [2.75, 3.05) is 5.32 Å². The SMILES string of the molecule is CCCCn1c(C)c(C)cc(C(=O)Nc2ccccc2C(=O)O)c1=O. The molecule has 0 aliphatic heterocycles. The predicted molar refractivity (Wildman–Crippen MR) is 96.4 cm³/mol. The summed E-state index contributed by atoms with van der Waals surface area (Å²) >= 11 is 0. The normalized spacial score (nSPS) is 10.5. The number of para-hydroxylation sites is 1. The first-order valence-corrected chi connectivity index (χ1v) is 8.21. The molecule has 0 spiro atoms. The third-order valence-corrected chi connectivity index (χ3v) is 4.20. The maximum Gasteiger partial charge on any atom is 0.337 e. The van der Waals surface area contributed by atoms with Crippen molar-refractivity contribution < 1.29 is 14.7 Å². The van der Waals surface area contributed by atoms with Crippen molar-refractivity contribution >= 4 is 17.6 Å². The van der Waals surface area contributed by atoms with Crippen molar-refractivity contribution in [3.63, 3.8) is 0 Å². The van der Waals surface area contributed by atoms with Crippen LogP contribution in [0.3, 0.4) is 0 Å². The van der Waals surface area contributed by atoms with Crippen LogP contribution in [0.25, 0.3) is 0 Å². The minimum absolute atomic E-state index is 0.0133. The number of amides is 1. The lowest BCUT2D eigenvalue weighted by molar-refractivity contribution is 0.0698. The Kier molecular flexibility index (Phi) is 5.75. The Bertz CT molecular complexity index is 868. The van der Waals surface area contributed by atoms with E-state index in [4.69, 9.17) is 0 Å². The summed E-state index contributed by atoms with van der Waals surface area (Å²) in [5.74, 6) is -1.75. The van der Waals surface area contributed by atoms with E-state index in [0.29, 0.717) is 6.54 Å². The van der Waals surface area contributed by atoms with Crippen molar-refractivity contribution in [3.8, 4) is 0 Å². The topological polar surface area (TPSA) is 88.4 Å². The second-order valence-electron chi connectivity index (χ2n) is 5.94. The van der Waals surface area contributed by atoms with Gasteiger partial charge in [-0.05, 0) is 44.0 Å². The highest BCUT2D eigenvalue weighted by Crippen LogP contribution is 2.16. The minimum Gasteiger partial charge on any atom is -0.478 e. The number of nitrogens with zero attached hydrogens (tertiary/aromatic N) is 1. The number of pyridine rings is 1. The third kappa shape index (κ3) is 3.96. The van der Waals surface area contributed by atoms with Crippen LogP contribution >= 0.6 is 0 Å². The molecule has 6 heteroatoms. The Labute approximate surface area is 146 Å². The summed E-state index contributed by atoms with van der Waals surface area (Å²) in [5.41, 5.74) is 1.47. The molecular weight excluding hydrogens is 320 g/mol. The van der Waals surface area contributed by atoms with E-state index in [2.05, 4.69) is 5.32 Å². The molecule has 1 heterocycles. The number of aromatic carboxylic acids is 1. The number of anilines is 1. The Morgan fingerprint density at radius 1 is 1.16 bits per heavy atom. The highest BCUT2D eigenvalue weighted by atomic mass is 16.4. The van der Waals surface area contributed by atoms with Crippen LogP contribution in [0.15, 0.2) is 35.1 Å². The van der Waals surface area contributed by atoms with Crippen LogP contribution in [0.1, 0.15) is 51.7 Å². The van der Waals surface area contributed by atoms with Gasteiger partial charge in [-0.3, -0.25) is 9.59 Å². The second-order valence-corrected chi connectivity index (χ2v) is 5.94. The van der Waals surface area contributed by atoms with E-state index in [1.165, 1.54) is 12.1 Å². The molecule has 0 unspecified atom stereocenters. The summed E-state index contributed by atoms with van der Waals surface area (Å²) in [4.78, 5) is 36.5. The van der Waals surface area contributed by atoms with Crippen molar-refractivity contribution in [2.45, 2.75) is 40.2 Å². The van der Waals surface area contributed by atoms with Gasteiger partial charge in [0, 0.05) is 12.2 Å². The Hall–Kier alpha value is -2.89. The number of carboxylic acids is 1. The summed E-state index contributed by atoms with van der Waals surface area (Å²) in [7, 11) is 0. The standard InChI is InChI=1S/C19H22N2O4/c1-4-5-10-21-13(3)12(2)11-15(18(21)23)17(22)20-16-9-7-6-8-14(16)19(24)25/h6-9,11H,4-5,10H2,1-3H3,(H,20,22)(H,24,25). The lowest BCUT2D eigenvalue weighted by atomic mass is 10.1. The van der Waals surface area contributed by atoms with E-state index in [0.717, 1.165) is 24.1 Å². The number of benzene rings is 1. The summed E-state index contributed by atoms with van der Waals surface area (Å²) in [6.07, 6.45) is 1.78. The first-order chi connectivity index (χ1) is 11.9. The van der Waals surface area contributed by atoms with Gasteiger partial charge in [0.1, 0.15) is 5.56 Å². The highest BCUT2D eigenvalue weighted by molar-refractivity contribution is 6.07. The van der Waals surface area contributed by atoms with Crippen LogP contribution in [-0.4, -0.2) is 21.6 Å². The molecule has 0 fully saturated rings. The Balaban J connectivity index is 2.42. The number of rotatable bonds is 6. The summed E-state index contributed by atoms with van der Waals surface area (Å²) in [6, 6.07) is 7.66. The fraction of sp³-hybridized carbons (Fsp3) is 0.316. The largest absolute Gasteiger partial charge is 0.478 e. The number of carbonyl (C=O) groups is 2. The van der Waals surface area contributed by atoms with Gasteiger partial charge in [-0.15, -0.1) is 0 Å². The Morgan fingerprint density at radius 3 is 2.48 bits per heavy atom. The van der Waals surface area contributed by atoms with E-state index in [1.54, 1.807) is 22.8 Å². The average molecular weight is 342 g/mol. The maximum absolute atomic E-state index is 12.7. The van der Waals surface area contributed by atoms with Gasteiger partial charge >= 0.3 is 5.97 Å². The van der Waals surface area contributed by atoms with Crippen molar-refractivity contribution in [1.29, 1.82) is 0 Å². The molecule has 0 radical (unpaired) electrons. The number of carbonyl (C=O) groups excluding carboxylic acids is 1. The van der Waals surface area contributed by atoms with E-state index in [-0.39, 0.29) is 22.4 Å². The zero-order valence-electron chi connectivity index (χ0n) is 14.6. The highest BCUT2D eigenvalue weighted by Gasteiger charge is 2.18. The molecule has 1 amide bonds. The first kappa shape index (κ1) is 18.4. The molecule has 0 atom stereocenters. The number of aromatic nitrogens is 1. The smallest absolute Gasteiger partial charge is 0.337 e. The number of unbranched alkanes of at least 4 members (excludes halogenated alkanes) is 1. The minimum atomic E-state index is -1.14. The third-order valence-electron chi connectivity index (χ3n) is 4.20. The maximum atomic E-state index is 12.7. The molecule has 0 bridgehead atoms. The van der Waals surface area contributed by atoms with Crippen molar-refractivity contribution in [3.05, 3.63) is 63.1 Å². The molecule has 6 nitrogen and oxygen atoms in total. The zero-order chi connectivity index (χ0) is 18.6. The number of nitrogens with one attached hydrogen (secondary N) is 1. The van der Waals surface area contributed by atoms with Gasteiger partial charge in [0.2, 0.25) is 0 Å². The van der Waals surface area contributed by atoms with Gasteiger partial charge in [-0.25, -0.2) is 4.79 Å². The van der Waals surface area contributed by atoms with E-state index >= 15 is 0 Å². The molecule has 0 aliphatic carbocycles. The fourth-order valence-corrected chi connectivity index (χ4v) is 2.61. The molecule has 2 N–H and O–H groups in total. The zero-order valence-corrected chi connectivity index (χ0v) is 14.6. The molecule has 1 aromatic carbocycles. The van der Waals surface area contributed by atoms with Gasteiger partial charge in [0.25, 0.3) is 11.5 Å². The van der Waals surface area contributed by atoms with Gasteiger partial charge in [0.15, 0.2) is 0 Å². The number of hydrogen-bond donors (Lipinski definition) is 2. The van der Waals surface area contributed by atoms with Crippen LogP contribution in [0, 0.1) is 13.8 Å². The predicted octanol–water partition coefficient (Wildman–Crippen LogP) is 3.22. The van der Waals surface area contributed by atoms with Crippen LogP contribution in [-0.2, 0) is 6.54 Å². The second kappa shape index (κ2) is 7.79. The first-order valence-electron chi connectivity index (χ1n) is 8.21. The number of aryl methyl sites for hydroxylation is 1. The molecule has 0 saturated heterocycles. The Morgan fingerprint density at radius 2 is 1.84 bits per heavy atom. The number of hydrogen-bond acceptors (Lipinski definition) is 3. The van der Waals surface area contributed by atoms with Crippen LogP contribution in [0.4, 0.5) is 5.69 Å².